The van der Waals surface area contributed by atoms with Gasteiger partial charge >= 0.3 is 0 Å². The first-order valence-electron chi connectivity index (χ1n) is 12.4. The molecule has 0 spiro atoms. The Morgan fingerprint density at radius 1 is 1.17 bits per heavy atom. The van der Waals surface area contributed by atoms with Gasteiger partial charge in [0.1, 0.15) is 5.69 Å². The van der Waals surface area contributed by atoms with E-state index in [1.165, 1.54) is 0 Å². The fourth-order valence-corrected chi connectivity index (χ4v) is 5.42. The fraction of sp³-hybridized carbons (Fsp3) is 0.481. The lowest BCUT2D eigenvalue weighted by Gasteiger charge is -2.29. The van der Waals surface area contributed by atoms with Crippen LogP contribution in [0.25, 0.3) is 33.8 Å². The largest absolute Gasteiger partial charge is 0.353 e. The van der Waals surface area contributed by atoms with E-state index in [4.69, 9.17) is 5.10 Å². The summed E-state index contributed by atoms with van der Waals surface area (Å²) in [6.07, 6.45) is 3.92. The Labute approximate surface area is 208 Å². The number of rotatable bonds is 3. The molecular weight excluding hydrogens is 462 g/mol. The molecule has 0 aliphatic heterocycles. The maximum atomic E-state index is 13.9. The number of hydrogen-bond donors (Lipinski definition) is 1. The van der Waals surface area contributed by atoms with Gasteiger partial charge in [0.15, 0.2) is 11.3 Å². The molecule has 9 heteroatoms. The van der Waals surface area contributed by atoms with Gasteiger partial charge in [0.25, 0.3) is 0 Å². The van der Waals surface area contributed by atoms with Crippen LogP contribution >= 0.6 is 0 Å². The van der Waals surface area contributed by atoms with Gasteiger partial charge in [-0.2, -0.15) is 5.10 Å². The third-order valence-corrected chi connectivity index (χ3v) is 7.10. The van der Waals surface area contributed by atoms with Gasteiger partial charge < -0.3 is 9.55 Å². The number of alkyl halides is 2. The first-order chi connectivity index (χ1) is 16.9. The van der Waals surface area contributed by atoms with Crippen LogP contribution in [0.3, 0.4) is 0 Å². The number of fused-ring (bicyclic) bond motifs is 1. The van der Waals surface area contributed by atoms with Crippen molar-refractivity contribution >= 4 is 10.9 Å². The smallest absolute Gasteiger partial charge is 0.248 e. The predicted molar refractivity (Wildman–Crippen MR) is 136 cm³/mol. The number of nitrogens with one attached hydrogen (secondary N) is 1. The van der Waals surface area contributed by atoms with E-state index in [1.807, 2.05) is 36.3 Å². The van der Waals surface area contributed by atoms with Crippen molar-refractivity contribution in [3.8, 4) is 22.9 Å². The van der Waals surface area contributed by atoms with Crippen LogP contribution in [0.1, 0.15) is 69.4 Å². The van der Waals surface area contributed by atoms with Crippen molar-refractivity contribution in [2.24, 2.45) is 7.05 Å². The number of imidazole rings is 1. The Kier molecular flexibility index (Phi) is 5.65. The molecule has 4 heterocycles. The summed E-state index contributed by atoms with van der Waals surface area (Å²) in [6, 6.07) is 3.20. The Morgan fingerprint density at radius 3 is 2.47 bits per heavy atom. The topological polar surface area (TPSA) is 81.4 Å². The van der Waals surface area contributed by atoms with Gasteiger partial charge in [-0.15, -0.1) is 0 Å². The highest BCUT2D eigenvalue weighted by Crippen LogP contribution is 2.42. The molecule has 0 amide bonds. The second kappa shape index (κ2) is 8.35. The van der Waals surface area contributed by atoms with Crippen molar-refractivity contribution < 1.29 is 8.78 Å². The van der Waals surface area contributed by atoms with E-state index in [2.05, 4.69) is 35.7 Å². The van der Waals surface area contributed by atoms with Crippen molar-refractivity contribution in [1.82, 2.24) is 29.3 Å². The van der Waals surface area contributed by atoms with E-state index >= 15 is 0 Å². The summed E-state index contributed by atoms with van der Waals surface area (Å²) in [4.78, 5) is 26.0. The van der Waals surface area contributed by atoms with Crippen LogP contribution in [0.15, 0.2) is 29.3 Å². The minimum atomic E-state index is -2.63. The first kappa shape index (κ1) is 24.3. The Hall–Kier alpha value is -3.36. The molecule has 36 heavy (non-hydrogen) atoms. The summed E-state index contributed by atoms with van der Waals surface area (Å²) in [5.74, 6) is -2.01. The molecule has 0 bridgehead atoms. The number of H-pyrrole nitrogens is 1. The highest BCUT2D eigenvalue weighted by atomic mass is 19.3. The summed E-state index contributed by atoms with van der Waals surface area (Å²) < 4.78 is 31.6. The summed E-state index contributed by atoms with van der Waals surface area (Å²) in [6.45, 7) is 10.1. The Morgan fingerprint density at radius 2 is 1.86 bits per heavy atom. The zero-order valence-electron chi connectivity index (χ0n) is 21.6. The number of aromatic amines is 1. The molecule has 4 aromatic rings. The van der Waals surface area contributed by atoms with Crippen LogP contribution in [0.5, 0.6) is 0 Å². The molecule has 0 unspecified atom stereocenters. The highest BCUT2D eigenvalue weighted by molar-refractivity contribution is 5.91. The molecule has 0 atom stereocenters. The summed E-state index contributed by atoms with van der Waals surface area (Å²) >= 11 is 0. The third kappa shape index (κ3) is 4.14. The molecule has 4 aromatic heterocycles. The molecule has 1 saturated carbocycles. The van der Waals surface area contributed by atoms with E-state index in [-0.39, 0.29) is 29.7 Å². The van der Waals surface area contributed by atoms with Gasteiger partial charge in [0, 0.05) is 49.3 Å². The summed E-state index contributed by atoms with van der Waals surface area (Å²) in [7, 11) is 1.88. The minimum absolute atomic E-state index is 0.155. The van der Waals surface area contributed by atoms with E-state index in [0.717, 1.165) is 22.6 Å². The molecule has 7 nitrogen and oxygen atoms in total. The van der Waals surface area contributed by atoms with Crippen LogP contribution in [0.2, 0.25) is 0 Å². The average Bonchev–Trinajstić information content (AvgIpc) is 3.31. The zero-order valence-corrected chi connectivity index (χ0v) is 21.6. The normalized spacial score (nSPS) is 16.7. The van der Waals surface area contributed by atoms with E-state index in [0.29, 0.717) is 41.0 Å². The van der Waals surface area contributed by atoms with Gasteiger partial charge in [-0.25, -0.2) is 13.8 Å². The lowest BCUT2D eigenvalue weighted by Crippen LogP contribution is -2.27. The van der Waals surface area contributed by atoms with Crippen molar-refractivity contribution in [2.75, 3.05) is 0 Å². The lowest BCUT2D eigenvalue weighted by atomic mass is 9.88. The second-order valence-electron chi connectivity index (χ2n) is 11.1. The molecule has 1 aliphatic carbocycles. The number of aromatic nitrogens is 6. The molecule has 0 aromatic carbocycles. The number of nitrogens with zero attached hydrogens (tertiary/aromatic N) is 5. The van der Waals surface area contributed by atoms with Crippen molar-refractivity contribution in [2.45, 2.75) is 77.7 Å². The van der Waals surface area contributed by atoms with E-state index < -0.39 is 5.92 Å². The third-order valence-electron chi connectivity index (χ3n) is 7.10. The number of aryl methyl sites for hydroxylation is 2. The summed E-state index contributed by atoms with van der Waals surface area (Å²) in [5.41, 5.74) is 4.83. The van der Waals surface area contributed by atoms with Gasteiger partial charge in [-0.3, -0.25) is 14.5 Å². The predicted octanol–water partition coefficient (Wildman–Crippen LogP) is 5.85. The first-order valence-corrected chi connectivity index (χ1v) is 12.4. The molecule has 1 fully saturated rings. The number of hydrogen-bond acceptors (Lipinski definition) is 4. The second-order valence-corrected chi connectivity index (χ2v) is 11.1. The molecule has 1 N–H and O–H groups in total. The maximum absolute atomic E-state index is 13.9. The highest BCUT2D eigenvalue weighted by Gasteiger charge is 2.38. The van der Waals surface area contributed by atoms with Gasteiger partial charge in [0.2, 0.25) is 5.92 Å². The molecule has 1 aliphatic rings. The monoisotopic (exact) mass is 494 g/mol. The molecule has 0 radical (unpaired) electrons. The molecular formula is C27H32F2N6O. The Bertz CT molecular complexity index is 1510. The zero-order chi connectivity index (χ0) is 26.0. The van der Waals surface area contributed by atoms with Gasteiger partial charge in [0.05, 0.1) is 39.7 Å². The minimum Gasteiger partial charge on any atom is -0.353 e. The molecule has 5 rings (SSSR count). The van der Waals surface area contributed by atoms with Crippen LogP contribution in [0, 0.1) is 13.8 Å². The van der Waals surface area contributed by atoms with Crippen molar-refractivity contribution in [3.05, 3.63) is 51.7 Å². The van der Waals surface area contributed by atoms with Gasteiger partial charge in [-0.1, -0.05) is 20.8 Å². The molecule has 0 saturated heterocycles. The number of pyridine rings is 2. The van der Waals surface area contributed by atoms with Crippen molar-refractivity contribution in [1.29, 1.82) is 0 Å². The lowest BCUT2D eigenvalue weighted by molar-refractivity contribution is -0.0448. The quantitative estimate of drug-likeness (QED) is 0.387. The molecule has 190 valence electrons. The van der Waals surface area contributed by atoms with Crippen LogP contribution in [-0.4, -0.2) is 35.2 Å². The van der Waals surface area contributed by atoms with Crippen LogP contribution in [0.4, 0.5) is 8.78 Å². The van der Waals surface area contributed by atoms with Crippen molar-refractivity contribution in [3.63, 3.8) is 0 Å². The SMILES string of the molecule is Cc1cn(C)c(-c2nccc3[nH]c(-c4c(C)c(C(C)(C)C)nn4C4CCC(F)(F)CC4)cc(=O)c23)n1. The number of halogens is 2. The van der Waals surface area contributed by atoms with Crippen LogP contribution < -0.4 is 5.43 Å². The standard InChI is InChI=1S/C27H32F2N6O/c1-15-14-34(6)25(31-15)22-21-18(9-12-30-22)32-19(13-20(21)36)23-16(2)24(26(3,4)5)33-35(23)17-7-10-27(28,29)11-8-17/h9,12-14,17H,7-8,10-11H2,1-6H3,(H,32,36). The van der Waals surface area contributed by atoms with E-state index in [1.54, 1.807) is 18.3 Å². The maximum Gasteiger partial charge on any atom is 0.248 e. The van der Waals surface area contributed by atoms with Gasteiger partial charge in [-0.05, 0) is 32.8 Å². The summed E-state index contributed by atoms with van der Waals surface area (Å²) in [5, 5.41) is 5.41. The van der Waals surface area contributed by atoms with E-state index in [9.17, 15) is 13.6 Å². The Balaban J connectivity index is 1.70. The van der Waals surface area contributed by atoms with Crippen LogP contribution in [-0.2, 0) is 12.5 Å². The average molecular weight is 495 g/mol. The fourth-order valence-electron chi connectivity index (χ4n) is 5.42.